The van der Waals surface area contributed by atoms with Crippen LogP contribution in [0.25, 0.3) is 222 Å². The summed E-state index contributed by atoms with van der Waals surface area (Å²) in [5.74, 6) is 1.38. The monoisotopic (exact) mass is 1650 g/mol. The summed E-state index contributed by atoms with van der Waals surface area (Å²) in [7, 11) is 0. The zero-order valence-electron chi connectivity index (χ0n) is 72.1. The van der Waals surface area contributed by atoms with Crippen molar-refractivity contribution in [2.24, 2.45) is 0 Å². The molecular formula is C121H86N8. The van der Waals surface area contributed by atoms with Gasteiger partial charge in [0, 0.05) is 98.7 Å². The molecule has 0 amide bonds. The highest BCUT2D eigenvalue weighted by molar-refractivity contribution is 6.15. The maximum Gasteiger partial charge on any atom is 0.160 e. The lowest BCUT2D eigenvalue weighted by molar-refractivity contribution is 1.16. The summed E-state index contributed by atoms with van der Waals surface area (Å²) in [4.78, 5) is 20.9. The van der Waals surface area contributed by atoms with Gasteiger partial charge >= 0.3 is 0 Å². The summed E-state index contributed by atoms with van der Waals surface area (Å²) in [6.45, 7) is 11.0. The molecule has 6 aromatic heterocycles. The third-order valence-corrected chi connectivity index (χ3v) is 25.6. The van der Waals surface area contributed by atoms with Crippen molar-refractivity contribution in [2.45, 2.75) is 34.6 Å². The van der Waals surface area contributed by atoms with E-state index < -0.39 is 0 Å². The number of rotatable bonds is 14. The van der Waals surface area contributed by atoms with E-state index in [9.17, 15) is 0 Å². The van der Waals surface area contributed by atoms with Crippen LogP contribution < -0.4 is 0 Å². The molecule has 24 aromatic rings. The van der Waals surface area contributed by atoms with E-state index in [1.807, 2.05) is 48.5 Å². The van der Waals surface area contributed by atoms with Gasteiger partial charge in [-0.2, -0.15) is 0 Å². The number of aromatic nitrogens is 8. The van der Waals surface area contributed by atoms with Gasteiger partial charge in [0.2, 0.25) is 0 Å². The van der Waals surface area contributed by atoms with E-state index >= 15 is 0 Å². The summed E-state index contributed by atoms with van der Waals surface area (Å²) in [5, 5.41) is 9.78. The van der Waals surface area contributed by atoms with Crippen LogP contribution in [0.1, 0.15) is 27.8 Å². The molecule has 129 heavy (non-hydrogen) atoms. The Kier molecular flexibility index (Phi) is 19.2. The summed E-state index contributed by atoms with van der Waals surface area (Å²) in [6, 6.07) is 155. The quantitative estimate of drug-likeness (QED) is 0.109. The van der Waals surface area contributed by atoms with Gasteiger partial charge in [0.25, 0.3) is 0 Å². The van der Waals surface area contributed by atoms with Gasteiger partial charge < -0.3 is 18.3 Å². The first-order valence-corrected chi connectivity index (χ1v) is 44.2. The van der Waals surface area contributed by atoms with E-state index in [1.165, 1.54) is 115 Å². The van der Waals surface area contributed by atoms with Gasteiger partial charge in [0.15, 0.2) is 11.6 Å². The van der Waals surface area contributed by atoms with Crippen molar-refractivity contribution in [3.05, 3.63) is 459 Å². The van der Waals surface area contributed by atoms with Crippen LogP contribution in [0.15, 0.2) is 431 Å². The topological polar surface area (TPSA) is 71.3 Å². The van der Waals surface area contributed by atoms with Gasteiger partial charge in [-0.1, -0.05) is 338 Å². The van der Waals surface area contributed by atoms with Gasteiger partial charge in [-0.3, -0.25) is 0 Å². The minimum Gasteiger partial charge on any atom is -0.309 e. The second-order valence-corrected chi connectivity index (χ2v) is 33.9. The molecule has 0 unspecified atom stereocenters. The van der Waals surface area contributed by atoms with Crippen LogP contribution in [0.3, 0.4) is 0 Å². The fourth-order valence-corrected chi connectivity index (χ4v) is 20.1. The zero-order valence-corrected chi connectivity index (χ0v) is 72.1. The van der Waals surface area contributed by atoms with Crippen LogP contribution in [-0.2, 0) is 0 Å². The second kappa shape index (κ2) is 32.1. The third kappa shape index (κ3) is 13.7. The highest BCUT2D eigenvalue weighted by Gasteiger charge is 2.27. The molecule has 0 saturated carbocycles. The number of hydrogen-bond donors (Lipinski definition) is 0. The Morgan fingerprint density at radius 3 is 0.806 bits per heavy atom. The van der Waals surface area contributed by atoms with Crippen molar-refractivity contribution in [1.29, 1.82) is 0 Å². The summed E-state index contributed by atoms with van der Waals surface area (Å²) < 4.78 is 9.80. The first-order chi connectivity index (χ1) is 63.5. The van der Waals surface area contributed by atoms with Crippen LogP contribution in [0.5, 0.6) is 0 Å². The van der Waals surface area contributed by atoms with Crippen LogP contribution >= 0.6 is 0 Å². The Hall–Kier alpha value is -16.7. The van der Waals surface area contributed by atoms with Crippen molar-refractivity contribution in [3.8, 4) is 135 Å². The minimum atomic E-state index is 0.690. The first-order valence-electron chi connectivity index (χ1n) is 44.2. The van der Waals surface area contributed by atoms with E-state index in [4.69, 9.17) is 19.9 Å². The largest absolute Gasteiger partial charge is 0.309 e. The minimum absolute atomic E-state index is 0.690. The summed E-state index contributed by atoms with van der Waals surface area (Å²) in [5.41, 5.74) is 39.0. The Morgan fingerprint density at radius 2 is 0.434 bits per heavy atom. The van der Waals surface area contributed by atoms with Gasteiger partial charge in [-0.15, -0.1) is 0 Å². The van der Waals surface area contributed by atoms with Crippen molar-refractivity contribution < 1.29 is 0 Å². The molecule has 0 spiro atoms. The molecule has 0 bridgehead atoms. The highest BCUT2D eigenvalue weighted by Crippen LogP contribution is 2.48. The lowest BCUT2D eigenvalue weighted by Gasteiger charge is -2.20. The van der Waals surface area contributed by atoms with Crippen molar-refractivity contribution >= 4 is 87.2 Å². The van der Waals surface area contributed by atoms with Crippen molar-refractivity contribution in [2.75, 3.05) is 0 Å². The van der Waals surface area contributed by atoms with Crippen LogP contribution in [-0.4, -0.2) is 38.2 Å². The fourth-order valence-electron chi connectivity index (χ4n) is 20.1. The lowest BCUT2D eigenvalue weighted by Crippen LogP contribution is -2.02. The Bertz CT molecular complexity index is 8280. The SMILES string of the molecule is Cc1cc(C)c(-c2ccc3c(c2)c2ccccc2n3-c2ccc(-c3cc(-c4ccccc4)nc(-c4ccccc4)n3)cc2-c2ccccc2-n2c3ccccc3c3ccccc32)c(C)c1.Cc1cc(C)cc(-c2ccc3c(c2)c2ccccc2n3-c2ccc(-c3cc(-c4ccccc4)nc(-c4ccccc4)n3)cc2-c2ccccc2-n2c3ccccc3c3ccccc32)c1. The van der Waals surface area contributed by atoms with Gasteiger partial charge in [0.1, 0.15) is 0 Å². The van der Waals surface area contributed by atoms with E-state index in [0.29, 0.717) is 11.6 Å². The number of para-hydroxylation sites is 8. The lowest BCUT2D eigenvalue weighted by atomic mass is 9.93. The average molecular weight is 1650 g/mol. The highest BCUT2D eigenvalue weighted by atomic mass is 15.0. The average Bonchev–Trinajstić information content (AvgIpc) is 1.59. The number of fused-ring (bicyclic) bond motifs is 12. The molecule has 0 fully saturated rings. The maximum atomic E-state index is 5.32. The van der Waals surface area contributed by atoms with E-state index in [1.54, 1.807) is 0 Å². The van der Waals surface area contributed by atoms with Gasteiger partial charge in [-0.05, 0) is 177 Å². The maximum absolute atomic E-state index is 5.32. The molecule has 610 valence electrons. The Labute approximate surface area is 748 Å². The second-order valence-electron chi connectivity index (χ2n) is 33.9. The molecule has 0 aliphatic rings. The molecule has 0 aliphatic heterocycles. The van der Waals surface area contributed by atoms with E-state index in [0.717, 1.165) is 123 Å². The van der Waals surface area contributed by atoms with Gasteiger partial charge in [0.05, 0.1) is 89.7 Å². The third-order valence-electron chi connectivity index (χ3n) is 25.6. The summed E-state index contributed by atoms with van der Waals surface area (Å²) >= 11 is 0. The first kappa shape index (κ1) is 77.1. The molecule has 0 atom stereocenters. The standard InChI is InChI=1S/C61H44N4.C60H42N4/c1-39-34-40(2)60(41(3)35-39)45-31-33-59-51(37-45)49-25-13-17-29-57(49)65(59)58-32-30-44(53-38-52(42-18-6-4-7-19-42)62-61(63-53)43-20-8-5-9-21-43)36-50(58)48-24-12-16-28-56(48)64-54-26-14-10-22-46(54)47-23-11-15-27-55(47)64;1-39-33-40(2)35-45(34-39)43-29-31-58-50(36-43)48-23-11-16-28-57(48)64(58)59-32-30-44(53-38-52(41-17-5-3-6-18-41)61-60(62-53)42-19-7-4-8-20-42)37-51(59)49-24-12-15-27-56(49)63-54-25-13-9-21-46(54)47-22-10-14-26-55(47)63/h4-38H,1-3H3;3-38H,1-2H3. The number of hydrogen-bond acceptors (Lipinski definition) is 4. The molecule has 24 rings (SSSR count). The Morgan fingerprint density at radius 1 is 0.163 bits per heavy atom. The zero-order chi connectivity index (χ0) is 86.3. The van der Waals surface area contributed by atoms with Crippen molar-refractivity contribution in [3.63, 3.8) is 0 Å². The van der Waals surface area contributed by atoms with E-state index in [-0.39, 0.29) is 0 Å². The molecule has 0 saturated heterocycles. The van der Waals surface area contributed by atoms with Crippen molar-refractivity contribution in [1.82, 2.24) is 38.2 Å². The molecule has 8 heteroatoms. The molecule has 0 aliphatic carbocycles. The molecular weight excluding hydrogens is 1570 g/mol. The number of nitrogens with zero attached hydrogens (tertiary/aromatic N) is 8. The van der Waals surface area contributed by atoms with Crippen LogP contribution in [0.4, 0.5) is 0 Å². The molecule has 8 nitrogen and oxygen atoms in total. The molecule has 0 radical (unpaired) electrons. The predicted octanol–water partition coefficient (Wildman–Crippen LogP) is 31.6. The normalized spacial score (nSPS) is 11.6. The number of aryl methyl sites for hydroxylation is 5. The molecule has 0 N–H and O–H groups in total. The number of benzene rings is 18. The Balaban J connectivity index is 0.000000147. The predicted molar refractivity (Wildman–Crippen MR) is 539 cm³/mol. The van der Waals surface area contributed by atoms with E-state index in [2.05, 4.69) is 435 Å². The molecule has 18 aromatic carbocycles. The fraction of sp³-hybridized carbons (Fsp3) is 0.0413. The smallest absolute Gasteiger partial charge is 0.160 e. The molecule has 6 heterocycles. The van der Waals surface area contributed by atoms with Crippen LogP contribution in [0.2, 0.25) is 0 Å². The van der Waals surface area contributed by atoms with Gasteiger partial charge in [-0.25, -0.2) is 19.9 Å². The summed E-state index contributed by atoms with van der Waals surface area (Å²) in [6.07, 6.45) is 0. The van der Waals surface area contributed by atoms with Crippen LogP contribution in [0, 0.1) is 34.6 Å².